The van der Waals surface area contributed by atoms with E-state index in [0.29, 0.717) is 0 Å². The first-order chi connectivity index (χ1) is 7.84. The highest BCUT2D eigenvalue weighted by Gasteiger charge is 2.16. The second-order valence-electron chi connectivity index (χ2n) is 3.78. The molecule has 1 N–H and O–H groups in total. The SMILES string of the molecule is Fc1cccc(-c2nnc3n2CCNC3)c1. The third-order valence-corrected chi connectivity index (χ3v) is 2.71. The number of aromatic nitrogens is 3. The van der Waals surface area contributed by atoms with Crippen molar-refractivity contribution in [2.24, 2.45) is 0 Å². The first-order valence-electron chi connectivity index (χ1n) is 5.23. The van der Waals surface area contributed by atoms with Crippen LogP contribution < -0.4 is 5.32 Å². The molecule has 1 aromatic carbocycles. The summed E-state index contributed by atoms with van der Waals surface area (Å²) in [7, 11) is 0. The molecule has 1 aliphatic heterocycles. The van der Waals surface area contributed by atoms with Crippen LogP contribution in [-0.4, -0.2) is 21.3 Å². The normalized spacial score (nSPS) is 14.8. The Labute approximate surface area is 92.1 Å². The summed E-state index contributed by atoms with van der Waals surface area (Å²) in [4.78, 5) is 0. The van der Waals surface area contributed by atoms with Crippen LogP contribution in [0.15, 0.2) is 24.3 Å². The summed E-state index contributed by atoms with van der Waals surface area (Å²) in [6.07, 6.45) is 0. The molecule has 2 heterocycles. The van der Waals surface area contributed by atoms with Crippen LogP contribution in [0, 0.1) is 5.82 Å². The first-order valence-corrected chi connectivity index (χ1v) is 5.23. The van der Waals surface area contributed by atoms with Crippen LogP contribution in [0.3, 0.4) is 0 Å². The average molecular weight is 218 g/mol. The van der Waals surface area contributed by atoms with Crippen molar-refractivity contribution in [3.8, 4) is 11.4 Å². The van der Waals surface area contributed by atoms with E-state index in [1.54, 1.807) is 6.07 Å². The maximum absolute atomic E-state index is 13.1. The molecule has 0 spiro atoms. The highest BCUT2D eigenvalue weighted by molar-refractivity contribution is 5.55. The van der Waals surface area contributed by atoms with E-state index < -0.39 is 0 Å². The molecule has 0 amide bonds. The highest BCUT2D eigenvalue weighted by atomic mass is 19.1. The Bertz CT molecular complexity index is 520. The molecule has 0 atom stereocenters. The minimum atomic E-state index is -0.246. The second-order valence-corrected chi connectivity index (χ2v) is 3.78. The van der Waals surface area contributed by atoms with Crippen LogP contribution in [0.5, 0.6) is 0 Å². The van der Waals surface area contributed by atoms with Gasteiger partial charge in [-0.3, -0.25) is 0 Å². The van der Waals surface area contributed by atoms with Crippen molar-refractivity contribution >= 4 is 0 Å². The lowest BCUT2D eigenvalue weighted by atomic mass is 10.2. The maximum Gasteiger partial charge on any atom is 0.164 e. The van der Waals surface area contributed by atoms with Gasteiger partial charge in [0.2, 0.25) is 0 Å². The topological polar surface area (TPSA) is 42.7 Å². The van der Waals surface area contributed by atoms with Gasteiger partial charge in [0.1, 0.15) is 11.6 Å². The van der Waals surface area contributed by atoms with Crippen LogP contribution in [0.1, 0.15) is 5.82 Å². The van der Waals surface area contributed by atoms with Crippen LogP contribution in [0.25, 0.3) is 11.4 Å². The van der Waals surface area contributed by atoms with E-state index in [0.717, 1.165) is 36.8 Å². The predicted molar refractivity (Wildman–Crippen MR) is 57.1 cm³/mol. The van der Waals surface area contributed by atoms with Crippen molar-refractivity contribution in [1.82, 2.24) is 20.1 Å². The molecule has 16 heavy (non-hydrogen) atoms. The predicted octanol–water partition coefficient (Wildman–Crippen LogP) is 1.19. The van der Waals surface area contributed by atoms with Gasteiger partial charge in [-0.1, -0.05) is 12.1 Å². The van der Waals surface area contributed by atoms with E-state index >= 15 is 0 Å². The lowest BCUT2D eigenvalue weighted by Gasteiger charge is -2.15. The van der Waals surface area contributed by atoms with Crippen molar-refractivity contribution in [3.05, 3.63) is 35.9 Å². The standard InChI is InChI=1S/C11H11FN4/c12-9-3-1-2-8(6-9)11-15-14-10-7-13-4-5-16(10)11/h1-3,6,13H,4-5,7H2. The summed E-state index contributed by atoms with van der Waals surface area (Å²) in [5.41, 5.74) is 0.778. The number of benzene rings is 1. The first kappa shape index (κ1) is 9.47. The van der Waals surface area contributed by atoms with E-state index in [2.05, 4.69) is 15.5 Å². The van der Waals surface area contributed by atoms with Crippen LogP contribution in [0.2, 0.25) is 0 Å². The fourth-order valence-corrected chi connectivity index (χ4v) is 1.93. The van der Waals surface area contributed by atoms with Gasteiger partial charge in [-0.05, 0) is 12.1 Å². The summed E-state index contributed by atoms with van der Waals surface area (Å²) < 4.78 is 15.2. The fraction of sp³-hybridized carbons (Fsp3) is 0.273. The maximum atomic E-state index is 13.1. The largest absolute Gasteiger partial charge is 0.309 e. The molecule has 1 aliphatic rings. The molecule has 0 fully saturated rings. The molecular formula is C11H11FN4. The van der Waals surface area contributed by atoms with E-state index in [1.807, 2.05) is 10.6 Å². The minimum Gasteiger partial charge on any atom is -0.309 e. The van der Waals surface area contributed by atoms with E-state index in [1.165, 1.54) is 12.1 Å². The minimum absolute atomic E-state index is 0.246. The van der Waals surface area contributed by atoms with Gasteiger partial charge in [0.15, 0.2) is 5.82 Å². The zero-order valence-electron chi connectivity index (χ0n) is 8.65. The number of fused-ring (bicyclic) bond motifs is 1. The Kier molecular flexibility index (Phi) is 2.18. The molecule has 1 aromatic heterocycles. The Morgan fingerprint density at radius 1 is 1.31 bits per heavy atom. The number of hydrogen-bond donors (Lipinski definition) is 1. The van der Waals surface area contributed by atoms with Crippen LogP contribution in [0.4, 0.5) is 4.39 Å². The van der Waals surface area contributed by atoms with Crippen molar-refractivity contribution in [3.63, 3.8) is 0 Å². The molecule has 0 radical (unpaired) electrons. The Morgan fingerprint density at radius 3 is 3.12 bits per heavy atom. The highest BCUT2D eigenvalue weighted by Crippen LogP contribution is 2.20. The molecule has 3 rings (SSSR count). The van der Waals surface area contributed by atoms with Gasteiger partial charge in [0.05, 0.1) is 6.54 Å². The molecular weight excluding hydrogens is 207 g/mol. The number of halogens is 1. The Hall–Kier alpha value is -1.75. The lowest BCUT2D eigenvalue weighted by Crippen LogP contribution is -2.28. The third kappa shape index (κ3) is 1.49. The van der Waals surface area contributed by atoms with Crippen molar-refractivity contribution in [1.29, 1.82) is 0 Å². The summed E-state index contributed by atoms with van der Waals surface area (Å²) in [6.45, 7) is 2.45. The molecule has 0 saturated heterocycles. The zero-order chi connectivity index (χ0) is 11.0. The smallest absolute Gasteiger partial charge is 0.164 e. The van der Waals surface area contributed by atoms with Gasteiger partial charge >= 0.3 is 0 Å². The Morgan fingerprint density at radius 2 is 2.25 bits per heavy atom. The summed E-state index contributed by atoms with van der Waals surface area (Å²) in [5.74, 6) is 1.41. The monoisotopic (exact) mass is 218 g/mol. The quantitative estimate of drug-likeness (QED) is 0.781. The molecule has 5 heteroatoms. The zero-order valence-corrected chi connectivity index (χ0v) is 8.65. The van der Waals surface area contributed by atoms with E-state index in [4.69, 9.17) is 0 Å². The molecule has 0 saturated carbocycles. The number of hydrogen-bond acceptors (Lipinski definition) is 3. The van der Waals surface area contributed by atoms with Gasteiger partial charge < -0.3 is 9.88 Å². The average Bonchev–Trinajstić information content (AvgIpc) is 2.72. The van der Waals surface area contributed by atoms with Gasteiger partial charge in [-0.15, -0.1) is 10.2 Å². The summed E-state index contributed by atoms with van der Waals surface area (Å²) in [6, 6.07) is 6.45. The third-order valence-electron chi connectivity index (χ3n) is 2.71. The van der Waals surface area contributed by atoms with Gasteiger partial charge in [-0.25, -0.2) is 4.39 Å². The molecule has 0 aliphatic carbocycles. The van der Waals surface area contributed by atoms with Crippen molar-refractivity contribution in [2.75, 3.05) is 6.54 Å². The number of nitrogens with zero attached hydrogens (tertiary/aromatic N) is 3. The van der Waals surface area contributed by atoms with Gasteiger partial charge in [0.25, 0.3) is 0 Å². The number of nitrogens with one attached hydrogen (secondary N) is 1. The summed E-state index contributed by atoms with van der Waals surface area (Å²) >= 11 is 0. The molecule has 82 valence electrons. The van der Waals surface area contributed by atoms with Crippen molar-refractivity contribution in [2.45, 2.75) is 13.1 Å². The molecule has 0 bridgehead atoms. The molecule has 0 unspecified atom stereocenters. The summed E-state index contributed by atoms with van der Waals surface area (Å²) in [5, 5.41) is 11.4. The van der Waals surface area contributed by atoms with Gasteiger partial charge in [-0.2, -0.15) is 0 Å². The van der Waals surface area contributed by atoms with Crippen LogP contribution >= 0.6 is 0 Å². The van der Waals surface area contributed by atoms with E-state index in [-0.39, 0.29) is 5.82 Å². The number of rotatable bonds is 1. The lowest BCUT2D eigenvalue weighted by molar-refractivity contribution is 0.508. The van der Waals surface area contributed by atoms with Gasteiger partial charge in [0, 0.05) is 18.7 Å². The van der Waals surface area contributed by atoms with E-state index in [9.17, 15) is 4.39 Å². The Balaban J connectivity index is 2.09. The fourth-order valence-electron chi connectivity index (χ4n) is 1.93. The van der Waals surface area contributed by atoms with Crippen LogP contribution in [-0.2, 0) is 13.1 Å². The molecule has 4 nitrogen and oxygen atoms in total. The second kappa shape index (κ2) is 3.68. The molecule has 2 aromatic rings. The van der Waals surface area contributed by atoms with Crippen molar-refractivity contribution < 1.29 is 4.39 Å².